The van der Waals surface area contributed by atoms with Gasteiger partial charge in [-0.3, -0.25) is 9.78 Å². The number of carbonyl (C=O) groups is 1. The highest BCUT2D eigenvalue weighted by molar-refractivity contribution is 6.39. The van der Waals surface area contributed by atoms with Gasteiger partial charge >= 0.3 is 0 Å². The summed E-state index contributed by atoms with van der Waals surface area (Å²) in [5, 5.41) is 2.12. The Morgan fingerprint density at radius 3 is 2.51 bits per heavy atom. The van der Waals surface area contributed by atoms with Gasteiger partial charge < -0.3 is 9.30 Å². The van der Waals surface area contributed by atoms with Crippen molar-refractivity contribution in [2.75, 3.05) is 7.11 Å². The first-order chi connectivity index (χ1) is 16.9. The Labute approximate surface area is 212 Å². The molecule has 7 heteroatoms. The van der Waals surface area contributed by atoms with Crippen molar-refractivity contribution in [2.45, 2.75) is 6.92 Å². The molecule has 0 unspecified atom stereocenters. The van der Waals surface area contributed by atoms with E-state index in [0.29, 0.717) is 27.1 Å². The number of nitrogens with zero attached hydrogens (tertiary/aromatic N) is 3. The lowest BCUT2D eigenvalue weighted by Gasteiger charge is -2.14. The maximum atomic E-state index is 11.3. The molecule has 0 radical (unpaired) electrons. The minimum absolute atomic E-state index is 0.453. The van der Waals surface area contributed by atoms with E-state index in [1.54, 1.807) is 24.4 Å². The number of benzene rings is 2. The largest absolute Gasteiger partial charge is 0.496 e. The molecule has 174 valence electrons. The molecule has 0 aliphatic carbocycles. The number of ether oxygens (including phenoxy) is 1. The molecule has 3 aromatic heterocycles. The van der Waals surface area contributed by atoms with Crippen molar-refractivity contribution in [3.05, 3.63) is 88.2 Å². The molecule has 5 aromatic rings. The minimum Gasteiger partial charge on any atom is -0.496 e. The number of methoxy groups -OCH3 is 1. The Bertz CT molecular complexity index is 1610. The van der Waals surface area contributed by atoms with Crippen molar-refractivity contribution in [1.29, 1.82) is 0 Å². The van der Waals surface area contributed by atoms with Gasteiger partial charge in [-0.25, -0.2) is 4.98 Å². The van der Waals surface area contributed by atoms with Crippen LogP contribution in [0.1, 0.15) is 15.9 Å². The number of hydrogen-bond donors (Lipinski definition) is 0. The molecule has 0 bridgehead atoms. The van der Waals surface area contributed by atoms with Crippen LogP contribution in [-0.4, -0.2) is 27.9 Å². The van der Waals surface area contributed by atoms with Crippen molar-refractivity contribution in [2.24, 2.45) is 7.05 Å². The Hall–Kier alpha value is -3.67. The summed E-state index contributed by atoms with van der Waals surface area (Å²) in [6.45, 7) is 2.07. The number of hydrogen-bond acceptors (Lipinski definition) is 4. The molecule has 0 N–H and O–H groups in total. The van der Waals surface area contributed by atoms with Gasteiger partial charge in [-0.05, 0) is 42.8 Å². The minimum atomic E-state index is 0.453. The molecule has 35 heavy (non-hydrogen) atoms. The second kappa shape index (κ2) is 9.17. The van der Waals surface area contributed by atoms with Crippen molar-refractivity contribution >= 4 is 40.5 Å². The zero-order valence-electron chi connectivity index (χ0n) is 19.3. The molecular weight excluding hydrogens is 481 g/mol. The average Bonchev–Trinajstić information content (AvgIpc) is 3.16. The van der Waals surface area contributed by atoms with Crippen molar-refractivity contribution in [3.63, 3.8) is 0 Å². The molecule has 0 amide bonds. The molecule has 0 saturated heterocycles. The van der Waals surface area contributed by atoms with E-state index in [4.69, 9.17) is 32.9 Å². The van der Waals surface area contributed by atoms with Gasteiger partial charge in [0.25, 0.3) is 0 Å². The fourth-order valence-electron chi connectivity index (χ4n) is 4.34. The van der Waals surface area contributed by atoms with Crippen molar-refractivity contribution < 1.29 is 9.53 Å². The molecule has 0 saturated carbocycles. The van der Waals surface area contributed by atoms with Gasteiger partial charge in [0.05, 0.1) is 34.1 Å². The van der Waals surface area contributed by atoms with E-state index in [0.717, 1.165) is 45.3 Å². The molecule has 3 heterocycles. The maximum Gasteiger partial charge on any atom is 0.153 e. The first kappa shape index (κ1) is 23.1. The first-order valence-corrected chi connectivity index (χ1v) is 11.7. The lowest BCUT2D eigenvalue weighted by atomic mass is 9.99. The second-order valence-electron chi connectivity index (χ2n) is 8.25. The fourth-order valence-corrected chi connectivity index (χ4v) is 4.99. The predicted octanol–water partition coefficient (Wildman–Crippen LogP) is 7.41. The first-order valence-electron chi connectivity index (χ1n) is 10.9. The predicted molar refractivity (Wildman–Crippen MR) is 142 cm³/mol. The molecule has 0 atom stereocenters. The van der Waals surface area contributed by atoms with Crippen LogP contribution in [0.25, 0.3) is 44.7 Å². The summed E-state index contributed by atoms with van der Waals surface area (Å²) in [5.41, 5.74) is 6.96. The summed E-state index contributed by atoms with van der Waals surface area (Å²) in [5.74, 6) is 0.457. The van der Waals surface area contributed by atoms with E-state index in [2.05, 4.69) is 24.2 Å². The van der Waals surface area contributed by atoms with Gasteiger partial charge in [0.15, 0.2) is 6.29 Å². The molecule has 5 rings (SSSR count). The number of pyridine rings is 2. The Morgan fingerprint density at radius 2 is 1.74 bits per heavy atom. The second-order valence-corrected chi connectivity index (χ2v) is 9.01. The van der Waals surface area contributed by atoms with Crippen molar-refractivity contribution in [3.8, 4) is 39.4 Å². The van der Waals surface area contributed by atoms with E-state index < -0.39 is 0 Å². The molecule has 5 nitrogen and oxygen atoms in total. The molecule has 0 fully saturated rings. The SMILES string of the molecule is COc1cc(-c2nccc(-c3cccc(-c4ccc5c(C)cn(C)c5n4)c3Cl)c2Cl)ccc1C=O. The van der Waals surface area contributed by atoms with Gasteiger partial charge in [0, 0.05) is 47.1 Å². The summed E-state index contributed by atoms with van der Waals surface area (Å²) in [6, 6.07) is 17.0. The summed E-state index contributed by atoms with van der Waals surface area (Å²) in [7, 11) is 3.50. The topological polar surface area (TPSA) is 57.0 Å². The smallest absolute Gasteiger partial charge is 0.153 e. The highest BCUT2D eigenvalue weighted by Gasteiger charge is 2.18. The summed E-state index contributed by atoms with van der Waals surface area (Å²) < 4.78 is 7.36. The summed E-state index contributed by atoms with van der Waals surface area (Å²) >= 11 is 13.8. The summed E-state index contributed by atoms with van der Waals surface area (Å²) in [4.78, 5) is 20.6. The zero-order chi connectivity index (χ0) is 24.7. The van der Waals surface area contributed by atoms with E-state index in [9.17, 15) is 4.79 Å². The third-order valence-electron chi connectivity index (χ3n) is 6.11. The van der Waals surface area contributed by atoms with Crippen LogP contribution in [0.4, 0.5) is 0 Å². The van der Waals surface area contributed by atoms with Gasteiger partial charge in [-0.15, -0.1) is 0 Å². The van der Waals surface area contributed by atoms with Crippen LogP contribution < -0.4 is 4.74 Å². The van der Waals surface area contributed by atoms with E-state index in [1.165, 1.54) is 12.7 Å². The molecule has 0 aliphatic heterocycles. The fraction of sp³-hybridized carbons (Fsp3) is 0.107. The highest BCUT2D eigenvalue weighted by atomic mass is 35.5. The molecule has 0 aliphatic rings. The number of aryl methyl sites for hydroxylation is 2. The maximum absolute atomic E-state index is 11.3. The lowest BCUT2D eigenvalue weighted by Crippen LogP contribution is -1.94. The molecule has 2 aromatic carbocycles. The van der Waals surface area contributed by atoms with E-state index >= 15 is 0 Å². The van der Waals surface area contributed by atoms with E-state index in [-0.39, 0.29) is 0 Å². The third-order valence-corrected chi connectivity index (χ3v) is 6.90. The number of fused-ring (bicyclic) bond motifs is 1. The monoisotopic (exact) mass is 501 g/mol. The van der Waals surface area contributed by atoms with Crippen LogP contribution in [0, 0.1) is 6.92 Å². The number of carbonyl (C=O) groups excluding carboxylic acids is 1. The Kier molecular flexibility index (Phi) is 6.05. The van der Waals surface area contributed by atoms with Crippen molar-refractivity contribution in [1.82, 2.24) is 14.5 Å². The number of aromatic nitrogens is 3. The quantitative estimate of drug-likeness (QED) is 0.235. The summed E-state index contributed by atoms with van der Waals surface area (Å²) in [6.07, 6.45) is 4.51. The lowest BCUT2D eigenvalue weighted by molar-refractivity contribution is 0.112. The Morgan fingerprint density at radius 1 is 0.971 bits per heavy atom. The number of aldehydes is 1. The normalized spacial score (nSPS) is 11.1. The third kappa shape index (κ3) is 3.97. The van der Waals surface area contributed by atoms with E-state index in [1.807, 2.05) is 41.9 Å². The van der Waals surface area contributed by atoms with Crippen LogP contribution >= 0.6 is 23.2 Å². The van der Waals surface area contributed by atoms with Gasteiger partial charge in [0.2, 0.25) is 0 Å². The van der Waals surface area contributed by atoms with Crippen LogP contribution in [0.2, 0.25) is 10.0 Å². The number of rotatable bonds is 5. The van der Waals surface area contributed by atoms with Gasteiger partial charge in [-0.2, -0.15) is 0 Å². The van der Waals surface area contributed by atoms with Crippen LogP contribution in [0.3, 0.4) is 0 Å². The zero-order valence-corrected chi connectivity index (χ0v) is 20.9. The average molecular weight is 502 g/mol. The van der Waals surface area contributed by atoms with Crippen LogP contribution in [-0.2, 0) is 7.05 Å². The highest BCUT2D eigenvalue weighted by Crippen LogP contribution is 2.42. The molecule has 0 spiro atoms. The standard InChI is InChI=1S/C28H21Cl2N3O2/c1-16-14-33(2)28-19(16)9-10-23(32-28)22-6-4-5-20(25(22)29)21-11-12-31-27(26(21)30)17-7-8-18(15-34)24(13-17)35-3/h4-15H,1-3H3. The number of halogens is 2. The van der Waals surface area contributed by atoms with Crippen LogP contribution in [0.5, 0.6) is 5.75 Å². The molecular formula is C28H21Cl2N3O2. The van der Waals surface area contributed by atoms with Gasteiger partial charge in [0.1, 0.15) is 11.4 Å². The van der Waals surface area contributed by atoms with Crippen LogP contribution in [0.15, 0.2) is 67.0 Å². The van der Waals surface area contributed by atoms with Gasteiger partial charge in [-0.1, -0.05) is 47.5 Å². The Balaban J connectivity index is 1.63.